The van der Waals surface area contributed by atoms with E-state index < -0.39 is 10.0 Å². The largest absolute Gasteiger partial charge is 0.352 e. The number of carbonyl (C=O) groups excluding carboxylic acids is 1. The molecule has 0 radical (unpaired) electrons. The van der Waals surface area contributed by atoms with Crippen LogP contribution in [-0.2, 0) is 14.8 Å². The maximum atomic E-state index is 12.9. The Morgan fingerprint density at radius 3 is 2.31 bits per heavy atom. The van der Waals surface area contributed by atoms with Gasteiger partial charge in [0.1, 0.15) is 0 Å². The summed E-state index contributed by atoms with van der Waals surface area (Å²) < 4.78 is 27.3. The lowest BCUT2D eigenvalue weighted by Gasteiger charge is -2.39. The summed E-state index contributed by atoms with van der Waals surface area (Å²) in [4.78, 5) is 15.2. The quantitative estimate of drug-likeness (QED) is 0.794. The highest BCUT2D eigenvalue weighted by atomic mass is 32.2. The van der Waals surface area contributed by atoms with E-state index in [0.717, 1.165) is 12.0 Å². The summed E-state index contributed by atoms with van der Waals surface area (Å²) in [5.41, 5.74) is 1.04. The van der Waals surface area contributed by atoms with E-state index in [-0.39, 0.29) is 18.0 Å². The molecule has 0 unspecified atom stereocenters. The average molecular weight is 422 g/mol. The number of amides is 1. The highest BCUT2D eigenvalue weighted by molar-refractivity contribution is 7.89. The van der Waals surface area contributed by atoms with Crippen LogP contribution in [0, 0.1) is 18.8 Å². The highest BCUT2D eigenvalue weighted by Gasteiger charge is 2.34. The van der Waals surface area contributed by atoms with Gasteiger partial charge in [0.15, 0.2) is 0 Å². The van der Waals surface area contributed by atoms with Gasteiger partial charge in [0, 0.05) is 32.2 Å². The van der Waals surface area contributed by atoms with E-state index in [9.17, 15) is 13.2 Å². The molecule has 1 aliphatic heterocycles. The molecule has 3 rings (SSSR count). The van der Waals surface area contributed by atoms with Gasteiger partial charge in [-0.3, -0.25) is 9.69 Å². The van der Waals surface area contributed by atoms with Gasteiger partial charge in [-0.05, 0) is 44.2 Å². The number of aryl methyl sites for hydroxylation is 1. The van der Waals surface area contributed by atoms with Crippen LogP contribution in [0.3, 0.4) is 0 Å². The van der Waals surface area contributed by atoms with Crippen molar-refractivity contribution < 1.29 is 13.2 Å². The molecule has 1 saturated heterocycles. The second-order valence-electron chi connectivity index (χ2n) is 8.81. The number of piperazine rings is 1. The summed E-state index contributed by atoms with van der Waals surface area (Å²) in [6.45, 7) is 10.3. The van der Waals surface area contributed by atoms with Crippen LogP contribution in [0.4, 0.5) is 0 Å². The van der Waals surface area contributed by atoms with E-state index in [0.29, 0.717) is 42.9 Å². The van der Waals surface area contributed by atoms with E-state index in [1.165, 1.54) is 17.1 Å². The van der Waals surface area contributed by atoms with E-state index in [1.807, 2.05) is 26.0 Å². The molecule has 1 N–H and O–H groups in total. The maximum absolute atomic E-state index is 12.9. The molecule has 0 spiro atoms. The van der Waals surface area contributed by atoms with Crippen LogP contribution in [0.25, 0.3) is 0 Å². The summed E-state index contributed by atoms with van der Waals surface area (Å²) in [5.74, 6) is 1.20. The van der Waals surface area contributed by atoms with Crippen LogP contribution in [0.15, 0.2) is 29.2 Å². The third-order valence-electron chi connectivity index (χ3n) is 6.89. The standard InChI is InChI=1S/C22H35N3O3S/c1-16-8-10-20(11-9-16)29(27,28)25-14-12-24(13-15-25)19(4)22(26)23-21-7-5-6-17(2)18(21)3/h8-11,17-19,21H,5-7,12-15H2,1-4H3,(H,23,26)/t17-,18-,19+,21+/m0/s1. The van der Waals surface area contributed by atoms with Crippen LogP contribution in [0.2, 0.25) is 0 Å². The van der Waals surface area contributed by atoms with Crippen LogP contribution in [-0.4, -0.2) is 61.8 Å². The third-order valence-corrected chi connectivity index (χ3v) is 8.81. The first kappa shape index (κ1) is 22.2. The van der Waals surface area contributed by atoms with Crippen molar-refractivity contribution in [2.75, 3.05) is 26.2 Å². The molecule has 1 aromatic rings. The average Bonchev–Trinajstić information content (AvgIpc) is 2.71. The summed E-state index contributed by atoms with van der Waals surface area (Å²) in [7, 11) is -3.48. The van der Waals surface area contributed by atoms with Crippen LogP contribution in [0.5, 0.6) is 0 Å². The number of benzene rings is 1. The number of nitrogens with one attached hydrogen (secondary N) is 1. The molecule has 6 nitrogen and oxygen atoms in total. The molecule has 1 aromatic carbocycles. The minimum atomic E-state index is -3.48. The van der Waals surface area contributed by atoms with Crippen molar-refractivity contribution in [1.29, 1.82) is 0 Å². The molecule has 1 aliphatic carbocycles. The number of nitrogens with zero attached hydrogens (tertiary/aromatic N) is 2. The van der Waals surface area contributed by atoms with E-state index in [2.05, 4.69) is 24.1 Å². The minimum Gasteiger partial charge on any atom is -0.352 e. The molecular weight excluding hydrogens is 386 g/mol. The van der Waals surface area contributed by atoms with Crippen LogP contribution in [0.1, 0.15) is 45.6 Å². The summed E-state index contributed by atoms with van der Waals surface area (Å²) in [6.07, 6.45) is 3.45. The number of hydrogen-bond donors (Lipinski definition) is 1. The zero-order valence-electron chi connectivity index (χ0n) is 18.1. The smallest absolute Gasteiger partial charge is 0.243 e. The molecule has 0 aromatic heterocycles. The second-order valence-corrected chi connectivity index (χ2v) is 10.7. The predicted octanol–water partition coefficient (Wildman–Crippen LogP) is 2.63. The van der Waals surface area contributed by atoms with Gasteiger partial charge in [0.25, 0.3) is 0 Å². The van der Waals surface area contributed by atoms with Crippen molar-refractivity contribution in [2.24, 2.45) is 11.8 Å². The Morgan fingerprint density at radius 2 is 1.69 bits per heavy atom. The van der Waals surface area contributed by atoms with Gasteiger partial charge in [-0.25, -0.2) is 8.42 Å². The fourth-order valence-corrected chi connectivity index (χ4v) is 5.87. The van der Waals surface area contributed by atoms with Crippen molar-refractivity contribution in [3.8, 4) is 0 Å². The molecule has 4 atom stereocenters. The number of sulfonamides is 1. The van der Waals surface area contributed by atoms with Gasteiger partial charge in [-0.1, -0.05) is 44.4 Å². The fraction of sp³-hybridized carbons (Fsp3) is 0.682. The zero-order valence-corrected chi connectivity index (χ0v) is 18.9. The molecule has 1 amide bonds. The minimum absolute atomic E-state index is 0.0609. The normalized spacial score (nSPS) is 28.1. The Labute approximate surface area is 175 Å². The van der Waals surface area contributed by atoms with Crippen molar-refractivity contribution in [2.45, 2.75) is 63.9 Å². The van der Waals surface area contributed by atoms with Crippen molar-refractivity contribution >= 4 is 15.9 Å². The zero-order chi connectivity index (χ0) is 21.2. The molecule has 162 valence electrons. The van der Waals surface area contributed by atoms with Crippen molar-refractivity contribution in [3.05, 3.63) is 29.8 Å². The number of carbonyl (C=O) groups is 1. The van der Waals surface area contributed by atoms with Gasteiger partial charge in [0.2, 0.25) is 15.9 Å². The molecular formula is C22H35N3O3S. The highest BCUT2D eigenvalue weighted by Crippen LogP contribution is 2.29. The first-order valence-corrected chi connectivity index (χ1v) is 12.3. The summed E-state index contributed by atoms with van der Waals surface area (Å²) in [5, 5.41) is 3.26. The lowest BCUT2D eigenvalue weighted by molar-refractivity contribution is -0.127. The van der Waals surface area contributed by atoms with Gasteiger partial charge in [0.05, 0.1) is 10.9 Å². The second kappa shape index (κ2) is 9.14. The third kappa shape index (κ3) is 5.01. The van der Waals surface area contributed by atoms with Gasteiger partial charge in [-0.2, -0.15) is 4.31 Å². The Kier molecular flexibility index (Phi) is 7.02. The molecule has 2 aliphatic rings. The van der Waals surface area contributed by atoms with E-state index in [1.54, 1.807) is 12.1 Å². The Balaban J connectivity index is 1.55. The van der Waals surface area contributed by atoms with Gasteiger partial charge < -0.3 is 5.32 Å². The molecule has 0 bridgehead atoms. The Hall–Kier alpha value is -1.44. The lowest BCUT2D eigenvalue weighted by atomic mass is 9.78. The predicted molar refractivity (Wildman–Crippen MR) is 115 cm³/mol. The van der Waals surface area contributed by atoms with E-state index in [4.69, 9.17) is 0 Å². The molecule has 2 fully saturated rings. The van der Waals surface area contributed by atoms with Crippen molar-refractivity contribution in [1.82, 2.24) is 14.5 Å². The maximum Gasteiger partial charge on any atom is 0.243 e. The molecule has 7 heteroatoms. The first-order chi connectivity index (χ1) is 13.7. The van der Waals surface area contributed by atoms with Crippen LogP contribution < -0.4 is 5.32 Å². The molecule has 1 heterocycles. The summed E-state index contributed by atoms with van der Waals surface area (Å²) in [6, 6.07) is 6.98. The SMILES string of the molecule is Cc1ccc(S(=O)(=O)N2CCN([C@H](C)C(=O)N[C@@H]3CCC[C@H](C)[C@@H]3C)CC2)cc1. The molecule has 29 heavy (non-hydrogen) atoms. The monoisotopic (exact) mass is 421 g/mol. The topological polar surface area (TPSA) is 69.7 Å². The Morgan fingerprint density at radius 1 is 1.07 bits per heavy atom. The first-order valence-electron chi connectivity index (χ1n) is 10.8. The van der Waals surface area contributed by atoms with Gasteiger partial charge >= 0.3 is 0 Å². The van der Waals surface area contributed by atoms with Crippen LogP contribution >= 0.6 is 0 Å². The van der Waals surface area contributed by atoms with E-state index >= 15 is 0 Å². The van der Waals surface area contributed by atoms with Gasteiger partial charge in [-0.15, -0.1) is 0 Å². The number of hydrogen-bond acceptors (Lipinski definition) is 4. The lowest BCUT2D eigenvalue weighted by Crippen LogP contribution is -2.56. The molecule has 1 saturated carbocycles. The Bertz CT molecular complexity index is 801. The van der Waals surface area contributed by atoms with Crippen molar-refractivity contribution in [3.63, 3.8) is 0 Å². The fourth-order valence-electron chi connectivity index (χ4n) is 4.45. The summed E-state index contributed by atoms with van der Waals surface area (Å²) >= 11 is 0. The number of rotatable bonds is 5.